The van der Waals surface area contributed by atoms with Crippen LogP contribution in [0.15, 0.2) is 24.3 Å². The molecule has 0 heterocycles. The number of alkyl halides is 1. The Morgan fingerprint density at radius 1 is 1.11 bits per heavy atom. The van der Waals surface area contributed by atoms with Gasteiger partial charge in [0.25, 0.3) is 0 Å². The van der Waals surface area contributed by atoms with Gasteiger partial charge in [-0.3, -0.25) is 4.90 Å². The predicted molar refractivity (Wildman–Crippen MR) is 76.1 cm³/mol. The summed E-state index contributed by atoms with van der Waals surface area (Å²) in [4.78, 5) is 2.50. The van der Waals surface area contributed by atoms with Gasteiger partial charge in [-0.05, 0) is 30.5 Å². The fraction of sp³-hybridized carbons (Fsp3) is 0.600. The quantitative estimate of drug-likeness (QED) is 0.821. The normalized spacial score (nSPS) is 17.2. The van der Waals surface area contributed by atoms with Crippen molar-refractivity contribution in [2.75, 3.05) is 12.4 Å². The van der Waals surface area contributed by atoms with Gasteiger partial charge in [-0.2, -0.15) is 0 Å². The first-order valence-corrected chi connectivity index (χ1v) is 7.41. The second kappa shape index (κ2) is 7.01. The van der Waals surface area contributed by atoms with Crippen LogP contribution in [0, 0.1) is 0 Å². The molecular weight excluding hydrogens is 246 g/mol. The minimum absolute atomic E-state index is 0.334. The lowest BCUT2D eigenvalue weighted by Crippen LogP contribution is -2.37. The number of benzene rings is 1. The van der Waals surface area contributed by atoms with E-state index in [1.165, 1.54) is 37.7 Å². The number of phenols is 1. The molecule has 2 rings (SSSR count). The van der Waals surface area contributed by atoms with Crippen LogP contribution in [0.4, 0.5) is 0 Å². The van der Waals surface area contributed by atoms with E-state index in [9.17, 15) is 5.11 Å². The number of rotatable bonds is 5. The Kier molecular flexibility index (Phi) is 5.33. The van der Waals surface area contributed by atoms with Gasteiger partial charge in [0.05, 0.1) is 0 Å². The summed E-state index contributed by atoms with van der Waals surface area (Å²) >= 11 is 5.93. The van der Waals surface area contributed by atoms with Gasteiger partial charge in [0.1, 0.15) is 5.75 Å². The summed E-state index contributed by atoms with van der Waals surface area (Å²) in [6.07, 6.45) is 6.67. The van der Waals surface area contributed by atoms with Crippen LogP contribution in [0.1, 0.15) is 37.7 Å². The van der Waals surface area contributed by atoms with E-state index in [-0.39, 0.29) is 0 Å². The molecule has 0 aliphatic heterocycles. The molecule has 18 heavy (non-hydrogen) atoms. The molecule has 1 aromatic carbocycles. The zero-order valence-electron chi connectivity index (χ0n) is 10.8. The summed E-state index contributed by atoms with van der Waals surface area (Å²) in [6, 6.07) is 8.20. The average Bonchev–Trinajstić information content (AvgIpc) is 2.42. The molecule has 0 saturated heterocycles. The zero-order valence-corrected chi connectivity index (χ0v) is 11.6. The maximum absolute atomic E-state index is 9.31. The maximum atomic E-state index is 9.31. The van der Waals surface area contributed by atoms with Gasteiger partial charge in [0.15, 0.2) is 0 Å². The molecule has 1 fully saturated rings. The Balaban J connectivity index is 1.98. The molecule has 0 bridgehead atoms. The maximum Gasteiger partial charge on any atom is 0.115 e. The standard InChI is InChI=1S/C15H22ClNO/c16-10-11-17(14-4-2-1-3-5-14)12-13-6-8-15(18)9-7-13/h6-9,14,18H,1-5,10-12H2. The summed E-state index contributed by atoms with van der Waals surface area (Å²) < 4.78 is 0. The number of nitrogens with zero attached hydrogens (tertiary/aromatic N) is 1. The highest BCUT2D eigenvalue weighted by Crippen LogP contribution is 2.24. The molecule has 1 saturated carbocycles. The Morgan fingerprint density at radius 2 is 1.78 bits per heavy atom. The fourth-order valence-corrected chi connectivity index (χ4v) is 3.00. The Hall–Kier alpha value is -0.730. The highest BCUT2D eigenvalue weighted by molar-refractivity contribution is 6.18. The van der Waals surface area contributed by atoms with E-state index in [0.717, 1.165) is 13.1 Å². The zero-order chi connectivity index (χ0) is 12.8. The Bertz CT molecular complexity index is 346. The third-order valence-electron chi connectivity index (χ3n) is 3.78. The molecule has 0 unspecified atom stereocenters. The molecule has 0 radical (unpaired) electrons. The molecule has 1 aliphatic rings. The van der Waals surface area contributed by atoms with E-state index < -0.39 is 0 Å². The second-order valence-electron chi connectivity index (χ2n) is 5.12. The van der Waals surface area contributed by atoms with Gasteiger partial charge in [-0.1, -0.05) is 31.4 Å². The summed E-state index contributed by atoms with van der Waals surface area (Å²) in [5, 5.41) is 9.31. The van der Waals surface area contributed by atoms with Gasteiger partial charge in [0.2, 0.25) is 0 Å². The van der Waals surface area contributed by atoms with Crippen LogP contribution in [0.3, 0.4) is 0 Å². The fourth-order valence-electron chi connectivity index (χ4n) is 2.78. The highest BCUT2D eigenvalue weighted by atomic mass is 35.5. The molecule has 100 valence electrons. The summed E-state index contributed by atoms with van der Waals surface area (Å²) in [7, 11) is 0. The van der Waals surface area contributed by atoms with E-state index in [1.54, 1.807) is 12.1 Å². The minimum atomic E-state index is 0.334. The van der Waals surface area contributed by atoms with E-state index in [1.807, 2.05) is 12.1 Å². The van der Waals surface area contributed by atoms with Crippen LogP contribution in [0.5, 0.6) is 5.75 Å². The van der Waals surface area contributed by atoms with E-state index in [4.69, 9.17) is 11.6 Å². The topological polar surface area (TPSA) is 23.5 Å². The molecule has 3 heteroatoms. The van der Waals surface area contributed by atoms with Crippen molar-refractivity contribution in [3.05, 3.63) is 29.8 Å². The third kappa shape index (κ3) is 3.89. The van der Waals surface area contributed by atoms with Crippen molar-refractivity contribution in [3.8, 4) is 5.75 Å². The lowest BCUT2D eigenvalue weighted by molar-refractivity contribution is 0.157. The van der Waals surface area contributed by atoms with Crippen LogP contribution >= 0.6 is 11.6 Å². The van der Waals surface area contributed by atoms with Crippen molar-refractivity contribution in [3.63, 3.8) is 0 Å². The summed E-state index contributed by atoms with van der Waals surface area (Å²) in [6.45, 7) is 1.89. The van der Waals surface area contributed by atoms with E-state index >= 15 is 0 Å². The number of hydrogen-bond acceptors (Lipinski definition) is 2. The van der Waals surface area contributed by atoms with Gasteiger partial charge in [0, 0.05) is 25.0 Å². The minimum Gasteiger partial charge on any atom is -0.508 e. The molecule has 1 aliphatic carbocycles. The average molecular weight is 268 g/mol. The number of aromatic hydroxyl groups is 1. The number of hydrogen-bond donors (Lipinski definition) is 1. The number of phenolic OH excluding ortho intramolecular Hbond substituents is 1. The lowest BCUT2D eigenvalue weighted by Gasteiger charge is -2.34. The largest absolute Gasteiger partial charge is 0.508 e. The second-order valence-corrected chi connectivity index (χ2v) is 5.50. The van der Waals surface area contributed by atoms with Crippen LogP contribution in [-0.4, -0.2) is 28.5 Å². The highest BCUT2D eigenvalue weighted by Gasteiger charge is 2.20. The summed E-state index contributed by atoms with van der Waals surface area (Å²) in [5.41, 5.74) is 1.25. The molecule has 0 aromatic heterocycles. The van der Waals surface area contributed by atoms with Gasteiger partial charge in [-0.15, -0.1) is 11.6 Å². The van der Waals surface area contributed by atoms with Crippen LogP contribution in [0.2, 0.25) is 0 Å². The Labute approximate surface area is 115 Å². The molecule has 1 aromatic rings. The van der Waals surface area contributed by atoms with E-state index in [0.29, 0.717) is 17.7 Å². The molecule has 1 N–H and O–H groups in total. The van der Waals surface area contributed by atoms with Crippen LogP contribution < -0.4 is 0 Å². The van der Waals surface area contributed by atoms with Crippen molar-refractivity contribution in [2.24, 2.45) is 0 Å². The van der Waals surface area contributed by atoms with Crippen molar-refractivity contribution in [2.45, 2.75) is 44.7 Å². The smallest absolute Gasteiger partial charge is 0.115 e. The third-order valence-corrected chi connectivity index (χ3v) is 3.95. The molecule has 0 amide bonds. The van der Waals surface area contributed by atoms with Crippen molar-refractivity contribution < 1.29 is 5.11 Å². The van der Waals surface area contributed by atoms with Crippen LogP contribution in [-0.2, 0) is 6.54 Å². The van der Waals surface area contributed by atoms with Crippen LogP contribution in [0.25, 0.3) is 0 Å². The van der Waals surface area contributed by atoms with Crippen molar-refractivity contribution in [1.29, 1.82) is 0 Å². The Morgan fingerprint density at radius 3 is 2.39 bits per heavy atom. The first kappa shape index (κ1) is 13.7. The van der Waals surface area contributed by atoms with Gasteiger partial charge < -0.3 is 5.11 Å². The van der Waals surface area contributed by atoms with Gasteiger partial charge in [-0.25, -0.2) is 0 Å². The van der Waals surface area contributed by atoms with Crippen molar-refractivity contribution >= 4 is 11.6 Å². The first-order valence-electron chi connectivity index (χ1n) is 6.87. The monoisotopic (exact) mass is 267 g/mol. The molecular formula is C15H22ClNO. The molecule has 0 atom stereocenters. The molecule has 2 nitrogen and oxygen atoms in total. The number of halogens is 1. The van der Waals surface area contributed by atoms with E-state index in [2.05, 4.69) is 4.90 Å². The molecule has 0 spiro atoms. The van der Waals surface area contributed by atoms with Crippen molar-refractivity contribution in [1.82, 2.24) is 4.90 Å². The van der Waals surface area contributed by atoms with Gasteiger partial charge >= 0.3 is 0 Å². The predicted octanol–water partition coefficient (Wildman–Crippen LogP) is 3.77. The SMILES string of the molecule is Oc1ccc(CN(CCCl)C2CCCCC2)cc1. The lowest BCUT2D eigenvalue weighted by atomic mass is 9.94. The summed E-state index contributed by atoms with van der Waals surface area (Å²) in [5.74, 6) is 1.02. The first-order chi connectivity index (χ1) is 8.79.